The van der Waals surface area contributed by atoms with Crippen molar-refractivity contribution >= 4 is 32.6 Å². The summed E-state index contributed by atoms with van der Waals surface area (Å²) >= 11 is 5.32. The van der Waals surface area contributed by atoms with Crippen LogP contribution in [0.2, 0.25) is 0 Å². The number of hydrogen-bond donors (Lipinski definition) is 0. The summed E-state index contributed by atoms with van der Waals surface area (Å²) in [6.45, 7) is 4.93. The van der Waals surface area contributed by atoms with Crippen LogP contribution in [0.3, 0.4) is 0 Å². The minimum absolute atomic E-state index is 0.0792. The molecule has 1 aromatic rings. The Balaban J connectivity index is 3.30. The van der Waals surface area contributed by atoms with E-state index < -0.39 is 15.3 Å². The maximum Gasteiger partial charge on any atom is 0.242 e. The van der Waals surface area contributed by atoms with E-state index in [-0.39, 0.29) is 12.3 Å². The Morgan fingerprint density at radius 3 is 2.11 bits per heavy atom. The quantitative estimate of drug-likeness (QED) is 0.781. The lowest BCUT2D eigenvalue weighted by Gasteiger charge is -2.23. The number of anilines is 1. The second-order valence-corrected chi connectivity index (χ2v) is 6.71. The van der Waals surface area contributed by atoms with E-state index in [4.69, 9.17) is 11.6 Å². The summed E-state index contributed by atoms with van der Waals surface area (Å²) in [5, 5.41) is -0.703. The standard InChI is InChI=1S/C12H16ClNO3S/c1-4-18(16,17)14(8-12(13)15)11-6-9(2)5-10(3)7-11/h5-7H,4,8H2,1-3H3. The Morgan fingerprint density at radius 1 is 1.22 bits per heavy atom. The normalized spacial score (nSPS) is 11.3. The fraction of sp³-hybridized carbons (Fsp3) is 0.417. The SMILES string of the molecule is CCS(=O)(=O)N(CC(=O)Cl)c1cc(C)cc(C)c1. The molecule has 1 aromatic carbocycles. The predicted molar refractivity (Wildman–Crippen MR) is 73.6 cm³/mol. The molecule has 0 radical (unpaired) electrons. The fourth-order valence-corrected chi connectivity index (χ4v) is 2.96. The summed E-state index contributed by atoms with van der Waals surface area (Å²) in [5.74, 6) is -0.0792. The first-order valence-corrected chi connectivity index (χ1v) is 7.52. The van der Waals surface area contributed by atoms with Gasteiger partial charge >= 0.3 is 0 Å². The molecule has 0 spiro atoms. The highest BCUT2D eigenvalue weighted by Gasteiger charge is 2.22. The number of halogens is 1. The Hall–Kier alpha value is -1.07. The van der Waals surface area contributed by atoms with Crippen LogP contribution in [-0.4, -0.2) is 26.0 Å². The Labute approximate surface area is 113 Å². The third-order valence-electron chi connectivity index (χ3n) is 2.46. The van der Waals surface area contributed by atoms with Gasteiger partial charge in [0.05, 0.1) is 11.4 Å². The van der Waals surface area contributed by atoms with Gasteiger partial charge in [0.2, 0.25) is 15.3 Å². The minimum atomic E-state index is -3.51. The molecule has 0 fully saturated rings. The molecule has 0 aliphatic carbocycles. The lowest BCUT2D eigenvalue weighted by molar-refractivity contribution is -0.110. The maximum atomic E-state index is 12.0. The number of hydrogen-bond acceptors (Lipinski definition) is 3. The van der Waals surface area contributed by atoms with E-state index in [1.54, 1.807) is 12.1 Å². The van der Waals surface area contributed by atoms with Gasteiger partial charge in [-0.1, -0.05) is 6.07 Å². The molecule has 0 aliphatic heterocycles. The summed E-state index contributed by atoms with van der Waals surface area (Å²) in [7, 11) is -3.51. The van der Waals surface area contributed by atoms with Crippen LogP contribution < -0.4 is 4.31 Å². The van der Waals surface area contributed by atoms with E-state index in [9.17, 15) is 13.2 Å². The minimum Gasteiger partial charge on any atom is -0.279 e. The number of sulfonamides is 1. The molecule has 0 aromatic heterocycles. The molecule has 18 heavy (non-hydrogen) atoms. The largest absolute Gasteiger partial charge is 0.279 e. The van der Waals surface area contributed by atoms with E-state index in [2.05, 4.69) is 0 Å². The number of nitrogens with zero attached hydrogens (tertiary/aromatic N) is 1. The molecular weight excluding hydrogens is 274 g/mol. The van der Waals surface area contributed by atoms with Gasteiger partial charge in [-0.05, 0) is 55.6 Å². The molecule has 1 rings (SSSR count). The molecule has 4 nitrogen and oxygen atoms in total. The first-order valence-electron chi connectivity index (χ1n) is 5.53. The van der Waals surface area contributed by atoms with E-state index in [1.165, 1.54) is 6.92 Å². The van der Waals surface area contributed by atoms with Crippen LogP contribution in [0.5, 0.6) is 0 Å². The summed E-state index contributed by atoms with van der Waals surface area (Å²) in [6.07, 6.45) is 0. The third kappa shape index (κ3) is 3.71. The number of benzene rings is 1. The van der Waals surface area contributed by atoms with Crippen molar-refractivity contribution in [1.29, 1.82) is 0 Å². The van der Waals surface area contributed by atoms with Crippen LogP contribution in [0.4, 0.5) is 5.69 Å². The van der Waals surface area contributed by atoms with Gasteiger partial charge in [0.25, 0.3) is 0 Å². The Bertz CT molecular complexity index is 534. The lowest BCUT2D eigenvalue weighted by atomic mass is 10.1. The van der Waals surface area contributed by atoms with Gasteiger partial charge in [-0.3, -0.25) is 9.10 Å². The van der Waals surface area contributed by atoms with Crippen molar-refractivity contribution in [3.8, 4) is 0 Å². The van der Waals surface area contributed by atoms with Gasteiger partial charge in [0.15, 0.2) is 0 Å². The van der Waals surface area contributed by atoms with Crippen LogP contribution in [-0.2, 0) is 14.8 Å². The van der Waals surface area contributed by atoms with Crippen molar-refractivity contribution < 1.29 is 13.2 Å². The number of aryl methyl sites for hydroxylation is 2. The molecule has 0 atom stereocenters. The molecule has 6 heteroatoms. The lowest BCUT2D eigenvalue weighted by Crippen LogP contribution is -2.35. The molecule has 0 heterocycles. The van der Waals surface area contributed by atoms with Gasteiger partial charge in [0, 0.05) is 0 Å². The van der Waals surface area contributed by atoms with E-state index >= 15 is 0 Å². The molecule has 0 N–H and O–H groups in total. The summed E-state index contributed by atoms with van der Waals surface area (Å²) < 4.78 is 25.0. The molecule has 0 amide bonds. The second-order valence-electron chi connectivity index (χ2n) is 4.11. The highest BCUT2D eigenvalue weighted by atomic mass is 35.5. The molecular formula is C12H16ClNO3S. The first kappa shape index (κ1) is 15.0. The van der Waals surface area contributed by atoms with Crippen LogP contribution in [0, 0.1) is 13.8 Å². The van der Waals surface area contributed by atoms with Crippen molar-refractivity contribution in [2.75, 3.05) is 16.6 Å². The topological polar surface area (TPSA) is 54.5 Å². The molecule has 0 saturated heterocycles. The average Bonchev–Trinajstić information content (AvgIpc) is 2.24. The summed E-state index contributed by atoms with van der Waals surface area (Å²) in [5.41, 5.74) is 2.34. The van der Waals surface area contributed by atoms with Crippen molar-refractivity contribution in [2.45, 2.75) is 20.8 Å². The highest BCUT2D eigenvalue weighted by molar-refractivity contribution is 7.92. The van der Waals surface area contributed by atoms with Gasteiger partial charge in [-0.25, -0.2) is 8.42 Å². The Morgan fingerprint density at radius 2 is 1.72 bits per heavy atom. The van der Waals surface area contributed by atoms with Gasteiger partial charge < -0.3 is 0 Å². The van der Waals surface area contributed by atoms with Crippen LogP contribution in [0.1, 0.15) is 18.1 Å². The van der Waals surface area contributed by atoms with E-state index in [0.717, 1.165) is 15.4 Å². The monoisotopic (exact) mass is 289 g/mol. The molecule has 0 unspecified atom stereocenters. The molecule has 0 aliphatic rings. The van der Waals surface area contributed by atoms with Crippen molar-refractivity contribution in [1.82, 2.24) is 0 Å². The van der Waals surface area contributed by atoms with Crippen molar-refractivity contribution in [3.63, 3.8) is 0 Å². The summed E-state index contributed by atoms with van der Waals surface area (Å²) in [4.78, 5) is 11.0. The number of rotatable bonds is 5. The van der Waals surface area contributed by atoms with Gasteiger partial charge in [0.1, 0.15) is 6.54 Å². The fourth-order valence-electron chi connectivity index (χ4n) is 1.71. The predicted octanol–water partition coefficient (Wildman–Crippen LogP) is 2.22. The molecule has 0 bridgehead atoms. The van der Waals surface area contributed by atoms with E-state index in [1.807, 2.05) is 19.9 Å². The maximum absolute atomic E-state index is 12.0. The second kappa shape index (κ2) is 5.71. The first-order chi connectivity index (χ1) is 8.26. The number of carbonyl (C=O) groups excluding carboxylic acids is 1. The highest BCUT2D eigenvalue weighted by Crippen LogP contribution is 2.22. The average molecular weight is 290 g/mol. The molecule has 100 valence electrons. The zero-order chi connectivity index (χ0) is 13.9. The third-order valence-corrected chi connectivity index (χ3v) is 4.32. The van der Waals surface area contributed by atoms with Gasteiger partial charge in [-0.15, -0.1) is 0 Å². The van der Waals surface area contributed by atoms with Crippen molar-refractivity contribution in [3.05, 3.63) is 29.3 Å². The zero-order valence-corrected chi connectivity index (χ0v) is 12.2. The van der Waals surface area contributed by atoms with Crippen LogP contribution in [0.15, 0.2) is 18.2 Å². The molecule has 0 saturated carbocycles. The van der Waals surface area contributed by atoms with Gasteiger partial charge in [-0.2, -0.15) is 0 Å². The zero-order valence-electron chi connectivity index (χ0n) is 10.6. The Kier molecular flexibility index (Phi) is 4.76. The summed E-state index contributed by atoms with van der Waals surface area (Å²) in [6, 6.07) is 5.38. The smallest absolute Gasteiger partial charge is 0.242 e. The van der Waals surface area contributed by atoms with Crippen molar-refractivity contribution in [2.24, 2.45) is 0 Å². The van der Waals surface area contributed by atoms with E-state index in [0.29, 0.717) is 5.69 Å². The van der Waals surface area contributed by atoms with Crippen LogP contribution >= 0.6 is 11.6 Å². The van der Waals surface area contributed by atoms with Crippen LogP contribution in [0.25, 0.3) is 0 Å². The number of carbonyl (C=O) groups is 1.